The lowest BCUT2D eigenvalue weighted by Gasteiger charge is -2.27. The molecule has 0 bridgehead atoms. The maximum absolute atomic E-state index is 2.69. The van der Waals surface area contributed by atoms with Crippen LogP contribution in [0.4, 0.5) is 0 Å². The Balaban J connectivity index is 1.61. The molecule has 0 aromatic carbocycles. The summed E-state index contributed by atoms with van der Waals surface area (Å²) < 4.78 is 0. The zero-order valence-electron chi connectivity index (χ0n) is 12.2. The number of hydrogen-bond donors (Lipinski definition) is 0. The minimum Gasteiger partial charge on any atom is -0.378 e. The zero-order chi connectivity index (χ0) is 12.6. The van der Waals surface area contributed by atoms with E-state index in [-0.39, 0.29) is 9.52 Å². The van der Waals surface area contributed by atoms with Crippen molar-refractivity contribution in [3.8, 4) is 0 Å². The molecule has 2 rings (SSSR count). The van der Waals surface area contributed by atoms with Crippen molar-refractivity contribution in [3.05, 3.63) is 11.4 Å². The van der Waals surface area contributed by atoms with Gasteiger partial charge in [0.05, 0.1) is 9.52 Å². The highest BCUT2D eigenvalue weighted by Crippen LogP contribution is 2.11. The second-order valence-electron chi connectivity index (χ2n) is 6.08. The van der Waals surface area contributed by atoms with Gasteiger partial charge in [0, 0.05) is 13.1 Å². The van der Waals surface area contributed by atoms with Crippen molar-refractivity contribution in [3.63, 3.8) is 0 Å². The summed E-state index contributed by atoms with van der Waals surface area (Å²) in [7, 11) is 0.0235. The van der Waals surface area contributed by atoms with E-state index in [1.807, 2.05) is 0 Å². The van der Waals surface area contributed by atoms with Gasteiger partial charge in [-0.1, -0.05) is 11.6 Å². The molecule has 0 amide bonds. The molecular weight excluding hydrogens is 236 g/mol. The molecule has 0 aromatic rings. The van der Waals surface area contributed by atoms with Gasteiger partial charge in [-0.25, -0.2) is 0 Å². The van der Waals surface area contributed by atoms with Gasteiger partial charge in [-0.15, -0.1) is 0 Å². The molecule has 2 heterocycles. The first-order chi connectivity index (χ1) is 8.84. The topological polar surface area (TPSA) is 6.48 Å². The van der Waals surface area contributed by atoms with E-state index in [0.717, 1.165) is 0 Å². The van der Waals surface area contributed by atoms with Crippen LogP contribution in [0.25, 0.3) is 0 Å². The van der Waals surface area contributed by atoms with Crippen molar-refractivity contribution in [1.82, 2.24) is 9.80 Å². The summed E-state index contributed by atoms with van der Waals surface area (Å²) in [4.78, 5) is 5.25. The molecule has 0 spiro atoms. The summed E-state index contributed by atoms with van der Waals surface area (Å²) in [5.74, 6) is 0. The fraction of sp³-hybridized carbons (Fsp3) is 0.867. The molecule has 18 heavy (non-hydrogen) atoms. The summed E-state index contributed by atoms with van der Waals surface area (Å²) in [5.41, 5.74) is 0. The Kier molecular flexibility index (Phi) is 6.28. The Labute approximate surface area is 115 Å². The lowest BCUT2D eigenvalue weighted by molar-refractivity contribution is 0.240. The maximum Gasteiger partial charge on any atom is 0.0523 e. The normalized spacial score (nSPS) is 24.1. The molecule has 2 saturated heterocycles. The fourth-order valence-corrected chi connectivity index (χ4v) is 4.74. The van der Waals surface area contributed by atoms with E-state index in [1.165, 1.54) is 77.3 Å². The van der Waals surface area contributed by atoms with E-state index >= 15 is 0 Å². The SMILES string of the molecule is CC(=CN1CCCCC1)[SiH2]CCN1CCCCC1. The van der Waals surface area contributed by atoms with Crippen LogP contribution in [0, 0.1) is 0 Å². The van der Waals surface area contributed by atoms with Gasteiger partial charge >= 0.3 is 0 Å². The number of likely N-dealkylation sites (tertiary alicyclic amines) is 2. The standard InChI is InChI=1S/C15H30N2Si/c1-15(14-17-10-6-3-7-11-17)18-13-12-16-8-4-2-5-9-16/h14H,2-13,18H2,1H3. The van der Waals surface area contributed by atoms with E-state index < -0.39 is 0 Å². The average Bonchev–Trinajstić information content (AvgIpc) is 2.41. The number of hydrogen-bond acceptors (Lipinski definition) is 2. The van der Waals surface area contributed by atoms with Crippen LogP contribution in [0.3, 0.4) is 0 Å². The second-order valence-corrected chi connectivity index (χ2v) is 8.40. The summed E-state index contributed by atoms with van der Waals surface area (Å²) in [5, 5.41) is 1.72. The average molecular weight is 267 g/mol. The van der Waals surface area contributed by atoms with Gasteiger partial charge in [-0.3, -0.25) is 0 Å². The summed E-state index contributed by atoms with van der Waals surface area (Å²) >= 11 is 0. The van der Waals surface area contributed by atoms with Crippen molar-refractivity contribution in [2.75, 3.05) is 32.7 Å². The molecule has 0 atom stereocenters. The molecule has 0 aromatic heterocycles. The first-order valence-corrected chi connectivity index (χ1v) is 9.69. The van der Waals surface area contributed by atoms with Gasteiger partial charge in [0.15, 0.2) is 0 Å². The van der Waals surface area contributed by atoms with Crippen molar-refractivity contribution < 1.29 is 0 Å². The summed E-state index contributed by atoms with van der Waals surface area (Å²) in [6.07, 6.45) is 11.1. The predicted octanol–water partition coefficient (Wildman–Crippen LogP) is 2.41. The van der Waals surface area contributed by atoms with Gasteiger partial charge in [0.1, 0.15) is 0 Å². The van der Waals surface area contributed by atoms with Crippen molar-refractivity contribution >= 4 is 9.52 Å². The molecule has 0 saturated carbocycles. The Morgan fingerprint density at radius 3 is 2.22 bits per heavy atom. The molecule has 2 fully saturated rings. The predicted molar refractivity (Wildman–Crippen MR) is 82.8 cm³/mol. The third-order valence-electron chi connectivity index (χ3n) is 4.29. The molecule has 3 heteroatoms. The highest BCUT2D eigenvalue weighted by atomic mass is 28.2. The van der Waals surface area contributed by atoms with Gasteiger partial charge in [0.25, 0.3) is 0 Å². The second kappa shape index (κ2) is 8.00. The first kappa shape index (κ1) is 14.1. The number of rotatable bonds is 5. The largest absolute Gasteiger partial charge is 0.378 e. The Hall–Kier alpha value is -0.283. The molecule has 0 aliphatic carbocycles. The first-order valence-electron chi connectivity index (χ1n) is 7.98. The van der Waals surface area contributed by atoms with E-state index in [1.54, 1.807) is 5.20 Å². The van der Waals surface area contributed by atoms with Crippen LogP contribution in [-0.2, 0) is 0 Å². The molecule has 2 aliphatic heterocycles. The Bertz CT molecular complexity index is 253. The van der Waals surface area contributed by atoms with Gasteiger partial charge in [-0.05, 0) is 70.9 Å². The van der Waals surface area contributed by atoms with E-state index in [9.17, 15) is 0 Å². The van der Waals surface area contributed by atoms with Crippen molar-refractivity contribution in [1.29, 1.82) is 0 Å². The number of piperidine rings is 2. The van der Waals surface area contributed by atoms with Crippen LogP contribution in [0.15, 0.2) is 11.4 Å². The van der Waals surface area contributed by atoms with Crippen molar-refractivity contribution in [2.45, 2.75) is 51.5 Å². The highest BCUT2D eigenvalue weighted by molar-refractivity contribution is 6.45. The number of allylic oxidation sites excluding steroid dienone is 1. The minimum absolute atomic E-state index is 0.0235. The van der Waals surface area contributed by atoms with E-state index in [0.29, 0.717) is 0 Å². The third kappa shape index (κ3) is 5.15. The lowest BCUT2D eigenvalue weighted by Crippen LogP contribution is -2.31. The quantitative estimate of drug-likeness (QED) is 0.705. The van der Waals surface area contributed by atoms with Crippen molar-refractivity contribution in [2.24, 2.45) is 0 Å². The van der Waals surface area contributed by atoms with Crippen LogP contribution >= 0.6 is 0 Å². The Morgan fingerprint density at radius 1 is 0.944 bits per heavy atom. The molecular formula is C15H30N2Si. The van der Waals surface area contributed by atoms with Crippen LogP contribution in [0.1, 0.15) is 45.4 Å². The van der Waals surface area contributed by atoms with E-state index in [4.69, 9.17) is 0 Å². The lowest BCUT2D eigenvalue weighted by atomic mass is 10.1. The molecule has 2 nitrogen and oxygen atoms in total. The molecule has 104 valence electrons. The highest BCUT2D eigenvalue weighted by Gasteiger charge is 2.10. The van der Waals surface area contributed by atoms with Crippen LogP contribution < -0.4 is 0 Å². The third-order valence-corrected chi connectivity index (χ3v) is 5.93. The van der Waals surface area contributed by atoms with Crippen LogP contribution in [0.2, 0.25) is 6.04 Å². The molecule has 0 N–H and O–H groups in total. The van der Waals surface area contributed by atoms with Crippen LogP contribution in [0.5, 0.6) is 0 Å². The number of nitrogens with zero attached hydrogens (tertiary/aromatic N) is 2. The molecule has 0 radical (unpaired) electrons. The van der Waals surface area contributed by atoms with Gasteiger partial charge in [0.2, 0.25) is 0 Å². The maximum atomic E-state index is 2.69. The monoisotopic (exact) mass is 266 g/mol. The summed E-state index contributed by atoms with van der Waals surface area (Å²) in [6, 6.07) is 1.48. The smallest absolute Gasteiger partial charge is 0.0523 e. The van der Waals surface area contributed by atoms with Gasteiger partial charge < -0.3 is 9.80 Å². The minimum atomic E-state index is 0.0235. The molecule has 0 unspecified atom stereocenters. The Morgan fingerprint density at radius 2 is 1.56 bits per heavy atom. The van der Waals surface area contributed by atoms with Gasteiger partial charge in [-0.2, -0.15) is 0 Å². The van der Waals surface area contributed by atoms with E-state index in [2.05, 4.69) is 22.9 Å². The molecule has 2 aliphatic rings. The zero-order valence-corrected chi connectivity index (χ0v) is 13.6. The summed E-state index contributed by atoms with van der Waals surface area (Å²) in [6.45, 7) is 9.08. The fourth-order valence-electron chi connectivity index (χ4n) is 3.19. The van der Waals surface area contributed by atoms with Crippen LogP contribution in [-0.4, -0.2) is 52.0 Å².